The van der Waals surface area contributed by atoms with E-state index in [0.29, 0.717) is 31.6 Å². The van der Waals surface area contributed by atoms with E-state index in [9.17, 15) is 9.18 Å². The van der Waals surface area contributed by atoms with E-state index in [1.807, 2.05) is 11.0 Å². The van der Waals surface area contributed by atoms with Crippen molar-refractivity contribution in [3.8, 4) is 0 Å². The van der Waals surface area contributed by atoms with Crippen molar-refractivity contribution in [3.05, 3.63) is 34.1 Å². The lowest BCUT2D eigenvalue weighted by Crippen LogP contribution is -2.36. The summed E-state index contributed by atoms with van der Waals surface area (Å²) in [7, 11) is 0. The van der Waals surface area contributed by atoms with Gasteiger partial charge < -0.3 is 10.2 Å². The average Bonchev–Trinajstić information content (AvgIpc) is 2.62. The first-order chi connectivity index (χ1) is 9.66. The molecular formula is C15H21BrClFN2O. The molecule has 1 aromatic rings. The molecule has 1 amide bonds. The molecule has 0 saturated carbocycles. The normalized spacial score (nSPS) is 15.5. The van der Waals surface area contributed by atoms with Crippen LogP contribution in [-0.2, 0) is 11.3 Å². The summed E-state index contributed by atoms with van der Waals surface area (Å²) < 4.78 is 14.4. The number of hydrogen-bond donors (Lipinski definition) is 1. The third-order valence-electron chi connectivity index (χ3n) is 3.56. The topological polar surface area (TPSA) is 32.3 Å². The fourth-order valence-electron chi connectivity index (χ4n) is 2.38. The van der Waals surface area contributed by atoms with Crippen LogP contribution in [0.15, 0.2) is 22.7 Å². The molecule has 1 aliphatic rings. The van der Waals surface area contributed by atoms with Gasteiger partial charge in [-0.25, -0.2) is 4.39 Å². The Kier molecular flexibility index (Phi) is 8.22. The minimum atomic E-state index is -0.210. The second kappa shape index (κ2) is 9.38. The molecular weight excluding hydrogens is 359 g/mol. The zero-order valence-electron chi connectivity index (χ0n) is 11.9. The van der Waals surface area contributed by atoms with E-state index in [0.717, 1.165) is 30.3 Å². The van der Waals surface area contributed by atoms with Crippen LogP contribution in [0.25, 0.3) is 0 Å². The van der Waals surface area contributed by atoms with Crippen LogP contribution in [0.5, 0.6) is 0 Å². The third kappa shape index (κ3) is 5.93. The van der Waals surface area contributed by atoms with Crippen molar-refractivity contribution in [3.63, 3.8) is 0 Å². The lowest BCUT2D eigenvalue weighted by atomic mass is 10.2. The van der Waals surface area contributed by atoms with Gasteiger partial charge in [-0.15, -0.1) is 12.4 Å². The van der Waals surface area contributed by atoms with Crippen LogP contribution in [0.2, 0.25) is 0 Å². The van der Waals surface area contributed by atoms with Crippen molar-refractivity contribution >= 4 is 34.2 Å². The maximum Gasteiger partial charge on any atom is 0.222 e. The van der Waals surface area contributed by atoms with Crippen LogP contribution >= 0.6 is 28.3 Å². The highest BCUT2D eigenvalue weighted by molar-refractivity contribution is 9.10. The molecule has 21 heavy (non-hydrogen) atoms. The summed E-state index contributed by atoms with van der Waals surface area (Å²) in [5.41, 5.74) is 0.649. The van der Waals surface area contributed by atoms with Gasteiger partial charge in [0, 0.05) is 42.6 Å². The molecule has 0 aliphatic carbocycles. The van der Waals surface area contributed by atoms with E-state index < -0.39 is 0 Å². The molecule has 3 nitrogen and oxygen atoms in total. The highest BCUT2D eigenvalue weighted by Gasteiger charge is 2.15. The van der Waals surface area contributed by atoms with Gasteiger partial charge in [0.05, 0.1) is 0 Å². The summed E-state index contributed by atoms with van der Waals surface area (Å²) in [6.07, 6.45) is 3.90. The van der Waals surface area contributed by atoms with E-state index in [4.69, 9.17) is 0 Å². The number of rotatable bonds is 5. The van der Waals surface area contributed by atoms with Crippen LogP contribution in [0.4, 0.5) is 4.39 Å². The number of benzene rings is 1. The third-order valence-corrected chi connectivity index (χ3v) is 4.05. The van der Waals surface area contributed by atoms with Crippen molar-refractivity contribution in [1.82, 2.24) is 10.2 Å². The standard InChI is InChI=1S/C15H20BrFN2O.ClH/c16-13-6-5-12(14(17)10-13)11-18-7-9-19-8-3-1-2-4-15(19)20;/h5-6,10,18H,1-4,7-9,11H2;1H. The van der Waals surface area contributed by atoms with Crippen LogP contribution in [0, 0.1) is 5.82 Å². The lowest BCUT2D eigenvalue weighted by molar-refractivity contribution is -0.130. The van der Waals surface area contributed by atoms with Crippen molar-refractivity contribution in [2.24, 2.45) is 0 Å². The zero-order valence-corrected chi connectivity index (χ0v) is 14.3. The van der Waals surface area contributed by atoms with Gasteiger partial charge in [0.25, 0.3) is 0 Å². The predicted octanol–water partition coefficient (Wildman–Crippen LogP) is 3.50. The second-order valence-corrected chi connectivity index (χ2v) is 6.02. The van der Waals surface area contributed by atoms with Gasteiger partial charge in [-0.05, 0) is 25.0 Å². The van der Waals surface area contributed by atoms with Crippen LogP contribution < -0.4 is 5.32 Å². The van der Waals surface area contributed by atoms with Crippen LogP contribution in [0.1, 0.15) is 31.2 Å². The predicted molar refractivity (Wildman–Crippen MR) is 88.1 cm³/mol. The molecule has 2 rings (SSSR count). The molecule has 6 heteroatoms. The number of nitrogens with zero attached hydrogens (tertiary/aromatic N) is 1. The molecule has 1 fully saturated rings. The Morgan fingerprint density at radius 2 is 2.10 bits per heavy atom. The van der Waals surface area contributed by atoms with Gasteiger partial charge in [0.1, 0.15) is 5.82 Å². The maximum absolute atomic E-state index is 13.6. The van der Waals surface area contributed by atoms with Crippen molar-refractivity contribution < 1.29 is 9.18 Å². The molecule has 0 radical (unpaired) electrons. The quantitative estimate of drug-likeness (QED) is 0.794. The molecule has 118 valence electrons. The number of amides is 1. The SMILES string of the molecule is Cl.O=C1CCCCCN1CCNCc1ccc(Br)cc1F. The highest BCUT2D eigenvalue weighted by atomic mass is 79.9. The van der Waals surface area contributed by atoms with Gasteiger partial charge in [0.15, 0.2) is 0 Å². The fraction of sp³-hybridized carbons (Fsp3) is 0.533. The first kappa shape index (κ1) is 18.4. The van der Waals surface area contributed by atoms with Gasteiger partial charge >= 0.3 is 0 Å². The van der Waals surface area contributed by atoms with E-state index in [1.165, 1.54) is 6.07 Å². The van der Waals surface area contributed by atoms with Gasteiger partial charge in [0.2, 0.25) is 5.91 Å². The molecule has 1 saturated heterocycles. The Labute approximate surface area is 139 Å². The fourth-order valence-corrected chi connectivity index (χ4v) is 2.71. The van der Waals surface area contributed by atoms with Crippen molar-refractivity contribution in [2.75, 3.05) is 19.6 Å². The maximum atomic E-state index is 13.6. The number of carbonyl (C=O) groups excluding carboxylic acids is 1. The molecule has 0 bridgehead atoms. The summed E-state index contributed by atoms with van der Waals surface area (Å²) in [6, 6.07) is 5.07. The van der Waals surface area contributed by atoms with E-state index in [1.54, 1.807) is 6.07 Å². The Bertz CT molecular complexity index is 473. The molecule has 0 spiro atoms. The van der Waals surface area contributed by atoms with Gasteiger partial charge in [-0.2, -0.15) is 0 Å². The Hall–Kier alpha value is -0.650. The number of hydrogen-bond acceptors (Lipinski definition) is 2. The number of carbonyl (C=O) groups is 1. The number of nitrogens with one attached hydrogen (secondary N) is 1. The molecule has 0 atom stereocenters. The molecule has 0 aromatic heterocycles. The Balaban J connectivity index is 0.00000220. The average molecular weight is 380 g/mol. The van der Waals surface area contributed by atoms with Gasteiger partial charge in [-0.3, -0.25) is 4.79 Å². The molecule has 1 aromatic carbocycles. The van der Waals surface area contributed by atoms with E-state index in [2.05, 4.69) is 21.2 Å². The van der Waals surface area contributed by atoms with Crippen LogP contribution in [0.3, 0.4) is 0 Å². The summed E-state index contributed by atoms with van der Waals surface area (Å²) in [6.45, 7) is 2.74. The second-order valence-electron chi connectivity index (χ2n) is 5.10. The van der Waals surface area contributed by atoms with Crippen molar-refractivity contribution in [1.29, 1.82) is 0 Å². The molecule has 0 unspecified atom stereocenters. The minimum Gasteiger partial charge on any atom is -0.341 e. The first-order valence-corrected chi connectivity index (χ1v) is 7.88. The molecule has 1 aliphatic heterocycles. The zero-order chi connectivity index (χ0) is 14.4. The monoisotopic (exact) mass is 378 g/mol. The summed E-state index contributed by atoms with van der Waals surface area (Å²) in [5, 5.41) is 3.20. The first-order valence-electron chi connectivity index (χ1n) is 7.09. The summed E-state index contributed by atoms with van der Waals surface area (Å²) in [4.78, 5) is 13.7. The number of halogens is 3. The highest BCUT2D eigenvalue weighted by Crippen LogP contribution is 2.15. The lowest BCUT2D eigenvalue weighted by Gasteiger charge is -2.20. The molecule has 1 heterocycles. The van der Waals surface area contributed by atoms with Crippen molar-refractivity contribution in [2.45, 2.75) is 32.2 Å². The summed E-state index contributed by atoms with van der Waals surface area (Å²) in [5.74, 6) is 0.0387. The smallest absolute Gasteiger partial charge is 0.222 e. The summed E-state index contributed by atoms with van der Waals surface area (Å²) >= 11 is 3.24. The Morgan fingerprint density at radius 3 is 2.86 bits per heavy atom. The van der Waals surface area contributed by atoms with Gasteiger partial charge in [-0.1, -0.05) is 28.4 Å². The van der Waals surface area contributed by atoms with E-state index in [-0.39, 0.29) is 24.1 Å². The van der Waals surface area contributed by atoms with Crippen LogP contribution in [-0.4, -0.2) is 30.4 Å². The minimum absolute atomic E-state index is 0. The Morgan fingerprint density at radius 1 is 1.29 bits per heavy atom. The largest absolute Gasteiger partial charge is 0.341 e. The molecule has 1 N–H and O–H groups in total. The van der Waals surface area contributed by atoms with E-state index >= 15 is 0 Å². The number of likely N-dealkylation sites (tertiary alicyclic amines) is 1.